The van der Waals surface area contributed by atoms with E-state index in [1.807, 2.05) is 6.07 Å². The SMILES string of the molecule is CC(C)CCc1nnc2n1CCNC2c1ccccc1. The number of nitrogens with zero attached hydrogens (tertiary/aromatic N) is 3. The molecule has 1 aliphatic heterocycles. The third-order valence-electron chi connectivity index (χ3n) is 3.88. The first-order chi connectivity index (χ1) is 9.75. The molecule has 2 aromatic rings. The molecule has 0 spiro atoms. The highest BCUT2D eigenvalue weighted by Gasteiger charge is 2.25. The molecule has 0 saturated heterocycles. The van der Waals surface area contributed by atoms with E-state index in [4.69, 9.17) is 0 Å². The van der Waals surface area contributed by atoms with Crippen LogP contribution in [0.1, 0.15) is 43.5 Å². The minimum atomic E-state index is 0.172. The van der Waals surface area contributed by atoms with Crippen LogP contribution < -0.4 is 5.32 Å². The fraction of sp³-hybridized carbons (Fsp3) is 0.500. The first-order valence-electron chi connectivity index (χ1n) is 7.46. The van der Waals surface area contributed by atoms with Gasteiger partial charge in [-0.2, -0.15) is 0 Å². The summed E-state index contributed by atoms with van der Waals surface area (Å²) in [4.78, 5) is 0. The van der Waals surface area contributed by atoms with Crippen molar-refractivity contribution >= 4 is 0 Å². The average Bonchev–Trinajstić information content (AvgIpc) is 2.89. The third kappa shape index (κ3) is 2.61. The van der Waals surface area contributed by atoms with Gasteiger partial charge in [0.1, 0.15) is 5.82 Å². The number of hydrogen-bond acceptors (Lipinski definition) is 3. The Balaban J connectivity index is 1.87. The molecule has 1 atom stereocenters. The van der Waals surface area contributed by atoms with Crippen molar-refractivity contribution in [2.75, 3.05) is 6.54 Å². The number of benzene rings is 1. The van der Waals surface area contributed by atoms with Crippen LogP contribution in [0.5, 0.6) is 0 Å². The van der Waals surface area contributed by atoms with Gasteiger partial charge in [0.2, 0.25) is 0 Å². The van der Waals surface area contributed by atoms with Crippen molar-refractivity contribution in [2.24, 2.45) is 5.92 Å². The van der Waals surface area contributed by atoms with Gasteiger partial charge >= 0.3 is 0 Å². The summed E-state index contributed by atoms with van der Waals surface area (Å²) in [6.45, 7) is 6.45. The highest BCUT2D eigenvalue weighted by molar-refractivity contribution is 5.26. The summed E-state index contributed by atoms with van der Waals surface area (Å²) < 4.78 is 2.30. The first kappa shape index (κ1) is 13.3. The zero-order valence-electron chi connectivity index (χ0n) is 12.2. The Hall–Kier alpha value is -1.68. The van der Waals surface area contributed by atoms with E-state index < -0.39 is 0 Å². The van der Waals surface area contributed by atoms with Crippen LogP contribution >= 0.6 is 0 Å². The average molecular weight is 270 g/mol. The topological polar surface area (TPSA) is 42.7 Å². The lowest BCUT2D eigenvalue weighted by Gasteiger charge is -2.25. The Bertz CT molecular complexity index is 559. The molecule has 20 heavy (non-hydrogen) atoms. The minimum absolute atomic E-state index is 0.172. The maximum absolute atomic E-state index is 4.44. The van der Waals surface area contributed by atoms with Crippen LogP contribution in [0, 0.1) is 5.92 Å². The van der Waals surface area contributed by atoms with Gasteiger partial charge in [-0.05, 0) is 17.9 Å². The second-order valence-electron chi connectivity index (χ2n) is 5.86. The Kier molecular flexibility index (Phi) is 3.83. The Morgan fingerprint density at radius 3 is 2.80 bits per heavy atom. The Morgan fingerprint density at radius 2 is 2.05 bits per heavy atom. The van der Waals surface area contributed by atoms with Gasteiger partial charge in [-0.25, -0.2) is 0 Å². The van der Waals surface area contributed by atoms with Crippen LogP contribution in [-0.4, -0.2) is 21.3 Å². The summed E-state index contributed by atoms with van der Waals surface area (Å²) in [6.07, 6.45) is 2.19. The zero-order valence-corrected chi connectivity index (χ0v) is 12.2. The van der Waals surface area contributed by atoms with Gasteiger partial charge in [-0.3, -0.25) is 0 Å². The van der Waals surface area contributed by atoms with Crippen molar-refractivity contribution < 1.29 is 0 Å². The molecule has 1 aromatic carbocycles. The van der Waals surface area contributed by atoms with Crippen molar-refractivity contribution in [2.45, 2.75) is 39.3 Å². The monoisotopic (exact) mass is 270 g/mol. The van der Waals surface area contributed by atoms with Gasteiger partial charge in [0.25, 0.3) is 0 Å². The van der Waals surface area contributed by atoms with Crippen molar-refractivity contribution in [3.63, 3.8) is 0 Å². The number of aryl methyl sites for hydroxylation is 1. The molecule has 0 amide bonds. The smallest absolute Gasteiger partial charge is 0.154 e. The van der Waals surface area contributed by atoms with Gasteiger partial charge in [0.15, 0.2) is 5.82 Å². The highest BCUT2D eigenvalue weighted by atomic mass is 15.3. The highest BCUT2D eigenvalue weighted by Crippen LogP contribution is 2.24. The van der Waals surface area contributed by atoms with Crippen molar-refractivity contribution in [3.05, 3.63) is 47.5 Å². The van der Waals surface area contributed by atoms with E-state index in [1.165, 1.54) is 12.0 Å². The molecule has 3 rings (SSSR count). The molecule has 0 saturated carbocycles. The van der Waals surface area contributed by atoms with Gasteiger partial charge < -0.3 is 9.88 Å². The van der Waals surface area contributed by atoms with Crippen LogP contribution in [0.4, 0.5) is 0 Å². The molecule has 4 nitrogen and oxygen atoms in total. The van der Waals surface area contributed by atoms with Gasteiger partial charge in [-0.1, -0.05) is 44.2 Å². The molecule has 0 fully saturated rings. The molecule has 106 valence electrons. The number of nitrogens with one attached hydrogen (secondary N) is 1. The molecule has 0 bridgehead atoms. The van der Waals surface area contributed by atoms with Crippen LogP contribution in [0.15, 0.2) is 30.3 Å². The van der Waals surface area contributed by atoms with Gasteiger partial charge in [0, 0.05) is 19.5 Å². The van der Waals surface area contributed by atoms with Crippen LogP contribution in [0.3, 0.4) is 0 Å². The molecule has 0 radical (unpaired) electrons. The van der Waals surface area contributed by atoms with E-state index in [0.29, 0.717) is 5.92 Å². The van der Waals surface area contributed by atoms with Crippen molar-refractivity contribution in [1.82, 2.24) is 20.1 Å². The summed E-state index contributed by atoms with van der Waals surface area (Å²) in [5, 5.41) is 12.4. The zero-order chi connectivity index (χ0) is 13.9. The molecule has 1 aliphatic rings. The van der Waals surface area contributed by atoms with E-state index in [2.05, 4.69) is 58.2 Å². The van der Waals surface area contributed by atoms with E-state index in [1.54, 1.807) is 0 Å². The lowest BCUT2D eigenvalue weighted by atomic mass is 10.0. The second kappa shape index (κ2) is 5.75. The summed E-state index contributed by atoms with van der Waals surface area (Å²) in [7, 11) is 0. The molecule has 1 N–H and O–H groups in total. The van der Waals surface area contributed by atoms with Gasteiger partial charge in [-0.15, -0.1) is 10.2 Å². The van der Waals surface area contributed by atoms with Crippen molar-refractivity contribution in [1.29, 1.82) is 0 Å². The van der Waals surface area contributed by atoms with E-state index >= 15 is 0 Å². The molecular weight excluding hydrogens is 248 g/mol. The quantitative estimate of drug-likeness (QED) is 0.928. The first-order valence-corrected chi connectivity index (χ1v) is 7.46. The summed E-state index contributed by atoms with van der Waals surface area (Å²) >= 11 is 0. The van der Waals surface area contributed by atoms with E-state index in [0.717, 1.165) is 31.2 Å². The summed E-state index contributed by atoms with van der Waals surface area (Å²) in [6, 6.07) is 10.7. The maximum Gasteiger partial charge on any atom is 0.154 e. The summed E-state index contributed by atoms with van der Waals surface area (Å²) in [5.41, 5.74) is 1.26. The molecule has 0 aliphatic carbocycles. The predicted octanol–water partition coefficient (Wildman–Crippen LogP) is 2.56. The number of fused-ring (bicyclic) bond motifs is 1. The second-order valence-corrected chi connectivity index (χ2v) is 5.86. The predicted molar refractivity (Wildman–Crippen MR) is 79.5 cm³/mol. The van der Waals surface area contributed by atoms with E-state index in [-0.39, 0.29) is 6.04 Å². The fourth-order valence-electron chi connectivity index (χ4n) is 2.73. The van der Waals surface area contributed by atoms with Crippen LogP contribution in [0.25, 0.3) is 0 Å². The molecule has 4 heteroatoms. The number of rotatable bonds is 4. The fourth-order valence-corrected chi connectivity index (χ4v) is 2.73. The largest absolute Gasteiger partial charge is 0.312 e. The van der Waals surface area contributed by atoms with Crippen LogP contribution in [-0.2, 0) is 13.0 Å². The van der Waals surface area contributed by atoms with E-state index in [9.17, 15) is 0 Å². The lowest BCUT2D eigenvalue weighted by Crippen LogP contribution is -2.35. The Labute approximate surface area is 120 Å². The molecular formula is C16H22N4. The standard InChI is InChI=1S/C16H22N4/c1-12(2)8-9-14-18-19-16-15(17-10-11-20(14)16)13-6-4-3-5-7-13/h3-7,12,15,17H,8-11H2,1-2H3. The maximum atomic E-state index is 4.44. The number of hydrogen-bond donors (Lipinski definition) is 1. The Morgan fingerprint density at radius 1 is 1.25 bits per heavy atom. The van der Waals surface area contributed by atoms with Crippen LogP contribution in [0.2, 0.25) is 0 Å². The molecule has 1 aromatic heterocycles. The third-order valence-corrected chi connectivity index (χ3v) is 3.88. The normalized spacial score (nSPS) is 18.2. The molecule has 1 unspecified atom stereocenters. The number of aromatic nitrogens is 3. The van der Waals surface area contributed by atoms with Gasteiger partial charge in [0.05, 0.1) is 6.04 Å². The molecule has 2 heterocycles. The summed E-state index contributed by atoms with van der Waals surface area (Å²) in [5.74, 6) is 2.90. The lowest BCUT2D eigenvalue weighted by molar-refractivity contribution is 0.442. The minimum Gasteiger partial charge on any atom is -0.312 e. The van der Waals surface area contributed by atoms with Crippen molar-refractivity contribution in [3.8, 4) is 0 Å².